The van der Waals surface area contributed by atoms with Crippen molar-refractivity contribution < 1.29 is 4.79 Å². The lowest BCUT2D eigenvalue weighted by atomic mass is 9.83. The van der Waals surface area contributed by atoms with Crippen molar-refractivity contribution in [2.75, 3.05) is 13.1 Å². The van der Waals surface area contributed by atoms with E-state index in [-0.39, 0.29) is 0 Å². The zero-order valence-electron chi connectivity index (χ0n) is 15.3. The first-order valence-corrected chi connectivity index (χ1v) is 8.85. The molecule has 21 heavy (non-hydrogen) atoms. The maximum atomic E-state index is 12.2. The van der Waals surface area contributed by atoms with E-state index in [1.54, 1.807) is 0 Å². The van der Waals surface area contributed by atoms with Gasteiger partial charge in [0.05, 0.1) is 0 Å². The molecule has 1 amide bonds. The van der Waals surface area contributed by atoms with Crippen molar-refractivity contribution in [1.29, 1.82) is 0 Å². The van der Waals surface area contributed by atoms with Crippen LogP contribution in [-0.2, 0) is 4.79 Å². The van der Waals surface area contributed by atoms with Gasteiger partial charge in [-0.1, -0.05) is 41.5 Å². The summed E-state index contributed by atoms with van der Waals surface area (Å²) < 4.78 is 0. The van der Waals surface area contributed by atoms with Crippen LogP contribution in [0.1, 0.15) is 86.5 Å². The average Bonchev–Trinajstić information content (AvgIpc) is 2.34. The number of hydrogen-bond donors (Lipinski definition) is 0. The number of piperidine rings is 1. The van der Waals surface area contributed by atoms with Crippen molar-refractivity contribution in [2.24, 2.45) is 16.7 Å². The Morgan fingerprint density at radius 1 is 0.952 bits per heavy atom. The van der Waals surface area contributed by atoms with Gasteiger partial charge in [0.2, 0.25) is 5.91 Å². The molecular weight excluding hydrogens is 258 g/mol. The molecule has 1 saturated heterocycles. The standard InChI is InChI=1S/C19H37NO/c1-18(2,3)12-7-8-17(21)20-14-10-16(11-15-20)9-13-19(4,5)6/h16H,7-15H2,1-6H3. The van der Waals surface area contributed by atoms with E-state index in [9.17, 15) is 4.79 Å². The highest BCUT2D eigenvalue weighted by Gasteiger charge is 2.24. The summed E-state index contributed by atoms with van der Waals surface area (Å²) in [5.41, 5.74) is 0.792. The third-order valence-electron chi connectivity index (χ3n) is 4.59. The van der Waals surface area contributed by atoms with E-state index >= 15 is 0 Å². The molecule has 0 unspecified atom stereocenters. The van der Waals surface area contributed by atoms with Crippen LogP contribution in [0.15, 0.2) is 0 Å². The third-order valence-corrected chi connectivity index (χ3v) is 4.59. The quantitative estimate of drug-likeness (QED) is 0.677. The predicted molar refractivity (Wildman–Crippen MR) is 91.3 cm³/mol. The Balaban J connectivity index is 2.21. The monoisotopic (exact) mass is 295 g/mol. The van der Waals surface area contributed by atoms with Crippen LogP contribution in [0.25, 0.3) is 0 Å². The molecule has 1 aliphatic rings. The summed E-state index contributed by atoms with van der Waals surface area (Å²) in [7, 11) is 0. The maximum Gasteiger partial charge on any atom is 0.222 e. The van der Waals surface area contributed by atoms with Gasteiger partial charge in [-0.15, -0.1) is 0 Å². The van der Waals surface area contributed by atoms with Gasteiger partial charge in [-0.25, -0.2) is 0 Å². The van der Waals surface area contributed by atoms with Crippen molar-refractivity contribution in [3.8, 4) is 0 Å². The van der Waals surface area contributed by atoms with E-state index in [2.05, 4.69) is 46.4 Å². The molecule has 1 rings (SSSR count). The SMILES string of the molecule is CC(C)(C)CCCC(=O)N1CCC(CCC(C)(C)C)CC1. The highest BCUT2D eigenvalue weighted by atomic mass is 16.2. The van der Waals surface area contributed by atoms with Crippen LogP contribution in [0.4, 0.5) is 0 Å². The van der Waals surface area contributed by atoms with Crippen molar-refractivity contribution in [3.05, 3.63) is 0 Å². The minimum absolute atomic E-state index is 0.347. The number of carbonyl (C=O) groups excluding carboxylic acids is 1. The van der Waals surface area contributed by atoms with E-state index in [1.165, 1.54) is 25.7 Å². The van der Waals surface area contributed by atoms with Crippen molar-refractivity contribution in [2.45, 2.75) is 86.5 Å². The van der Waals surface area contributed by atoms with Gasteiger partial charge in [-0.05, 0) is 55.3 Å². The minimum atomic E-state index is 0.347. The van der Waals surface area contributed by atoms with E-state index in [0.29, 0.717) is 16.7 Å². The van der Waals surface area contributed by atoms with Crippen LogP contribution in [0.5, 0.6) is 0 Å². The Hall–Kier alpha value is -0.530. The Morgan fingerprint density at radius 2 is 1.48 bits per heavy atom. The molecule has 2 nitrogen and oxygen atoms in total. The zero-order chi connectivity index (χ0) is 16.1. The zero-order valence-corrected chi connectivity index (χ0v) is 15.3. The summed E-state index contributed by atoms with van der Waals surface area (Å²) >= 11 is 0. The van der Waals surface area contributed by atoms with Gasteiger partial charge >= 0.3 is 0 Å². The van der Waals surface area contributed by atoms with Gasteiger partial charge in [0.15, 0.2) is 0 Å². The molecule has 1 fully saturated rings. The summed E-state index contributed by atoms with van der Waals surface area (Å²) in [6.45, 7) is 15.7. The van der Waals surface area contributed by atoms with Crippen LogP contribution < -0.4 is 0 Å². The maximum absolute atomic E-state index is 12.2. The molecule has 0 aromatic rings. The molecule has 0 saturated carbocycles. The van der Waals surface area contributed by atoms with E-state index < -0.39 is 0 Å². The summed E-state index contributed by atoms with van der Waals surface area (Å²) in [4.78, 5) is 14.3. The lowest BCUT2D eigenvalue weighted by Gasteiger charge is -2.33. The number of amides is 1. The Morgan fingerprint density at radius 3 is 1.95 bits per heavy atom. The van der Waals surface area contributed by atoms with Gasteiger partial charge in [-0.3, -0.25) is 4.79 Å². The first-order chi connectivity index (χ1) is 9.57. The second-order valence-corrected chi connectivity index (χ2v) is 9.34. The van der Waals surface area contributed by atoms with Crippen molar-refractivity contribution >= 4 is 5.91 Å². The Bertz CT molecular complexity index is 313. The molecule has 0 atom stereocenters. The van der Waals surface area contributed by atoms with Gasteiger partial charge in [-0.2, -0.15) is 0 Å². The van der Waals surface area contributed by atoms with E-state index in [4.69, 9.17) is 0 Å². The van der Waals surface area contributed by atoms with Crippen LogP contribution in [0, 0.1) is 16.7 Å². The van der Waals surface area contributed by atoms with Crippen LogP contribution in [0.3, 0.4) is 0 Å². The number of likely N-dealkylation sites (tertiary alicyclic amines) is 1. The normalized spacial score (nSPS) is 18.1. The van der Waals surface area contributed by atoms with E-state index in [0.717, 1.165) is 38.3 Å². The van der Waals surface area contributed by atoms with Crippen molar-refractivity contribution in [3.63, 3.8) is 0 Å². The summed E-state index contributed by atoms with van der Waals surface area (Å²) in [5.74, 6) is 1.22. The fourth-order valence-electron chi connectivity index (χ4n) is 3.04. The number of carbonyl (C=O) groups is 1. The Kier molecular flexibility index (Phi) is 6.74. The number of hydrogen-bond acceptors (Lipinski definition) is 1. The van der Waals surface area contributed by atoms with Gasteiger partial charge in [0, 0.05) is 19.5 Å². The molecule has 124 valence electrons. The fraction of sp³-hybridized carbons (Fsp3) is 0.947. The second kappa shape index (κ2) is 7.65. The molecule has 1 heterocycles. The molecule has 0 aromatic heterocycles. The first-order valence-electron chi connectivity index (χ1n) is 8.85. The summed E-state index contributed by atoms with van der Waals surface area (Å²) in [6.07, 6.45) is 7.96. The van der Waals surface area contributed by atoms with Gasteiger partial charge in [0.25, 0.3) is 0 Å². The minimum Gasteiger partial charge on any atom is -0.343 e. The molecule has 2 heteroatoms. The van der Waals surface area contributed by atoms with Crippen molar-refractivity contribution in [1.82, 2.24) is 4.90 Å². The molecule has 0 bridgehead atoms. The highest BCUT2D eigenvalue weighted by Crippen LogP contribution is 2.29. The number of nitrogens with zero attached hydrogens (tertiary/aromatic N) is 1. The molecule has 0 aromatic carbocycles. The molecule has 0 aliphatic carbocycles. The average molecular weight is 296 g/mol. The largest absolute Gasteiger partial charge is 0.343 e. The van der Waals surface area contributed by atoms with Gasteiger partial charge in [0.1, 0.15) is 0 Å². The van der Waals surface area contributed by atoms with Gasteiger partial charge < -0.3 is 4.90 Å². The summed E-state index contributed by atoms with van der Waals surface area (Å²) in [6, 6.07) is 0. The van der Waals surface area contributed by atoms with E-state index in [1.807, 2.05) is 0 Å². The first kappa shape index (κ1) is 18.5. The molecule has 0 radical (unpaired) electrons. The molecule has 0 N–H and O–H groups in total. The smallest absolute Gasteiger partial charge is 0.222 e. The lowest BCUT2D eigenvalue weighted by Crippen LogP contribution is -2.38. The predicted octanol–water partition coefficient (Wildman–Crippen LogP) is 5.27. The molecule has 0 spiro atoms. The second-order valence-electron chi connectivity index (χ2n) is 9.34. The molecular formula is C19H37NO. The number of rotatable bonds is 5. The molecule has 1 aliphatic heterocycles. The fourth-order valence-corrected chi connectivity index (χ4v) is 3.04. The Labute approximate surface area is 132 Å². The topological polar surface area (TPSA) is 20.3 Å². The lowest BCUT2D eigenvalue weighted by molar-refractivity contribution is -0.132. The third kappa shape index (κ3) is 8.48. The summed E-state index contributed by atoms with van der Waals surface area (Å²) in [5, 5.41) is 0. The van der Waals surface area contributed by atoms with Crippen LogP contribution in [-0.4, -0.2) is 23.9 Å². The highest BCUT2D eigenvalue weighted by molar-refractivity contribution is 5.76. The van der Waals surface area contributed by atoms with Crippen LogP contribution in [0.2, 0.25) is 0 Å². The van der Waals surface area contributed by atoms with Crippen LogP contribution >= 0.6 is 0 Å².